The van der Waals surface area contributed by atoms with Crippen LogP contribution in [-0.2, 0) is 90.7 Å². The summed E-state index contributed by atoms with van der Waals surface area (Å²) in [5.41, 5.74) is 9.96. The van der Waals surface area contributed by atoms with Crippen LogP contribution in [0, 0.1) is 0 Å². The summed E-state index contributed by atoms with van der Waals surface area (Å²) < 4.78 is 169. The molecule has 0 aliphatic carbocycles. The molecule has 9 N–H and O–H groups in total. The lowest BCUT2D eigenvalue weighted by Crippen LogP contribution is -2.15. The predicted molar refractivity (Wildman–Crippen MR) is 238 cm³/mol. The van der Waals surface area contributed by atoms with Crippen molar-refractivity contribution in [2.75, 3.05) is 48.5 Å². The number of nitrogen functional groups attached to an aromatic ring is 2. The summed E-state index contributed by atoms with van der Waals surface area (Å²) in [7, 11) is -22.8. The Kier molecular flexibility index (Phi) is 21.8. The van der Waals surface area contributed by atoms with Crippen molar-refractivity contribution in [2.45, 2.75) is 24.5 Å². The average Bonchev–Trinajstić information content (AvgIpc) is 3.29. The van der Waals surface area contributed by atoms with E-state index in [0.29, 0.717) is 6.07 Å². The van der Waals surface area contributed by atoms with Gasteiger partial charge < -0.3 is 11.5 Å². The van der Waals surface area contributed by atoms with Crippen LogP contribution < -0.4 is 11.5 Å². The summed E-state index contributed by atoms with van der Waals surface area (Å²) in [5, 5.41) is 59.3. The molecule has 4 rings (SSSR count). The van der Waals surface area contributed by atoms with Crippen molar-refractivity contribution in [3.05, 3.63) is 66.7 Å². The van der Waals surface area contributed by atoms with E-state index in [4.69, 9.17) is 40.2 Å². The minimum absolute atomic E-state index is 0.0415. The summed E-state index contributed by atoms with van der Waals surface area (Å²) in [5.74, 6) is -2.22. The monoisotopic (exact) mass is 1140 g/mol. The van der Waals surface area contributed by atoms with E-state index in [0.717, 1.165) is 36.4 Å². The van der Waals surface area contributed by atoms with E-state index in [-0.39, 0.29) is 75.8 Å². The fourth-order valence-electron chi connectivity index (χ4n) is 4.88. The molecule has 0 radical (unpaired) electrons. The van der Waals surface area contributed by atoms with Crippen LogP contribution in [0.1, 0.15) is 0 Å². The van der Waals surface area contributed by atoms with Crippen molar-refractivity contribution >= 4 is 132 Å². The smallest absolute Gasteiger partial charge is 0.395 e. The minimum atomic E-state index is -5.23. The highest BCUT2D eigenvalue weighted by molar-refractivity contribution is 7.95. The fourth-order valence-corrected chi connectivity index (χ4v) is 10.5. The highest BCUT2D eigenvalue weighted by atomic mass is 32.3. The lowest BCUT2D eigenvalue weighted by molar-refractivity contribution is -0.434. The van der Waals surface area contributed by atoms with Gasteiger partial charge in [-0.1, -0.05) is 15.1 Å². The van der Waals surface area contributed by atoms with Crippen LogP contribution in [0.2, 0.25) is 0 Å². The maximum Gasteiger partial charge on any atom is 0.397 e. The van der Waals surface area contributed by atoms with Crippen LogP contribution in [0.15, 0.2) is 122 Å². The molecule has 0 spiro atoms. The Balaban J connectivity index is 1.81. The number of benzene rings is 4. The number of azo groups is 3. The fraction of sp³-hybridized carbons (Fsp3) is 0.200. The standard InChI is InChI=1S/C30H32N8O24S8/c31-28-24(36-33-18-1-3-19(4-2-18)66(42,43)12-9-54-64-61-58-40)17-25(37-35-23-8-6-21(16-27(23)69(48,49)50)67(44,45)13-10-55-65-62-59-41)29(32)30(28)38-34-22-7-5-20(15-26(22)63-60-57-39)68(46,47)14-11-56-70(51,52)53/h1-8,15-17,39-41H,9-14,31-32H2,(H,48,49,50)(H,51,52,53)/b36-33+,37-35+,38-34+. The average molecular weight is 1150 g/mol. The van der Waals surface area contributed by atoms with E-state index < -0.39 is 118 Å². The van der Waals surface area contributed by atoms with Gasteiger partial charge in [0, 0.05) is 0 Å². The summed E-state index contributed by atoms with van der Waals surface area (Å²) in [6.07, 6.45) is 0. The van der Waals surface area contributed by atoms with Crippen LogP contribution in [0.5, 0.6) is 0 Å². The predicted octanol–water partition coefficient (Wildman–Crippen LogP) is 5.91. The number of anilines is 2. The molecule has 0 saturated heterocycles. The van der Waals surface area contributed by atoms with Crippen molar-refractivity contribution in [2.24, 2.45) is 30.7 Å². The molecule has 0 bridgehead atoms. The number of sulfone groups is 3. The van der Waals surface area contributed by atoms with Gasteiger partial charge in [0.2, 0.25) is 0 Å². The van der Waals surface area contributed by atoms with E-state index in [1.165, 1.54) is 24.3 Å². The highest BCUT2D eigenvalue weighted by Crippen LogP contribution is 2.46. The summed E-state index contributed by atoms with van der Waals surface area (Å²) in [4.78, 5) is -2.53. The van der Waals surface area contributed by atoms with Crippen molar-refractivity contribution in [3.8, 4) is 0 Å². The Hall–Kier alpha value is -4.48. The summed E-state index contributed by atoms with van der Waals surface area (Å²) in [6.45, 7) is -1.89. The van der Waals surface area contributed by atoms with Gasteiger partial charge in [0.15, 0.2) is 54.2 Å². The Morgan fingerprint density at radius 2 is 0.957 bits per heavy atom. The molecule has 0 fully saturated rings. The third-order valence-corrected chi connectivity index (χ3v) is 15.8. The van der Waals surface area contributed by atoms with Gasteiger partial charge in [0.1, 0.15) is 33.3 Å². The molecule has 0 saturated carbocycles. The number of hydrogen-bond donors (Lipinski definition) is 7. The largest absolute Gasteiger partial charge is 0.397 e. The van der Waals surface area contributed by atoms with Crippen molar-refractivity contribution < 1.29 is 108 Å². The maximum absolute atomic E-state index is 12.9. The third-order valence-electron chi connectivity index (χ3n) is 8.01. The van der Waals surface area contributed by atoms with E-state index in [9.17, 15) is 46.6 Å². The minimum Gasteiger partial charge on any atom is -0.395 e. The van der Waals surface area contributed by atoms with Crippen LogP contribution in [0.4, 0.5) is 45.5 Å². The zero-order chi connectivity index (χ0) is 51.8. The molecule has 0 aromatic heterocycles. The van der Waals surface area contributed by atoms with E-state index >= 15 is 0 Å². The molecule has 70 heavy (non-hydrogen) atoms. The molecule has 0 unspecified atom stereocenters. The first kappa shape index (κ1) is 58.1. The van der Waals surface area contributed by atoms with Gasteiger partial charge in [-0.2, -0.15) is 21.9 Å². The van der Waals surface area contributed by atoms with Crippen LogP contribution >= 0.6 is 36.7 Å². The lowest BCUT2D eigenvalue weighted by atomic mass is 10.2. The first-order chi connectivity index (χ1) is 32.9. The highest BCUT2D eigenvalue weighted by Gasteiger charge is 2.24. The Labute approximate surface area is 408 Å². The summed E-state index contributed by atoms with van der Waals surface area (Å²) >= 11 is 0.466. The Morgan fingerprint density at radius 3 is 1.49 bits per heavy atom. The molecule has 0 aliphatic rings. The van der Waals surface area contributed by atoms with Gasteiger partial charge in [-0.3, -0.25) is 17.5 Å². The SMILES string of the molecule is Nc1c(/N=N/c2ccc(S(=O)(=O)CCOSOOO)cc2)cc(/N=N/c2ccc(S(=O)(=O)CCOSOOO)cc2S(=O)(=O)O)c(N)c1/N=N/c1ccc(S(=O)(=O)CCOS(=O)(=O)O)cc1SOOO. The Morgan fingerprint density at radius 1 is 0.500 bits per heavy atom. The second-order valence-electron chi connectivity index (χ2n) is 12.4. The molecule has 384 valence electrons. The topological polar surface area (TPSA) is 481 Å². The van der Waals surface area contributed by atoms with Gasteiger partial charge in [-0.25, -0.2) is 45.2 Å². The van der Waals surface area contributed by atoms with E-state index in [1.807, 2.05) is 0 Å². The van der Waals surface area contributed by atoms with Gasteiger partial charge in [-0.15, -0.1) is 38.6 Å². The molecule has 0 aliphatic heterocycles. The lowest BCUT2D eigenvalue weighted by Gasteiger charge is -2.11. The second kappa shape index (κ2) is 26.3. The van der Waals surface area contributed by atoms with Gasteiger partial charge in [0.05, 0.1) is 85.8 Å². The molecular weight excluding hydrogens is 1110 g/mol. The molecule has 40 heteroatoms. The molecule has 4 aromatic carbocycles. The normalized spacial score (nSPS) is 13.0. The maximum atomic E-state index is 12.9. The number of hydrogen-bond acceptors (Lipinski definition) is 33. The van der Waals surface area contributed by atoms with Gasteiger partial charge >= 0.3 is 10.4 Å². The first-order valence-corrected chi connectivity index (χ1v) is 27.6. The molecular formula is C30H32N8O24S8. The number of rotatable bonds is 29. The molecule has 32 nitrogen and oxygen atoms in total. The molecule has 0 heterocycles. The number of nitrogens with two attached hydrogens (primary N) is 2. The quantitative estimate of drug-likeness (QED) is 0.00631. The van der Waals surface area contributed by atoms with Crippen LogP contribution in [-0.4, -0.2) is 104 Å². The van der Waals surface area contributed by atoms with Crippen molar-refractivity contribution in [3.63, 3.8) is 0 Å². The zero-order valence-corrected chi connectivity index (χ0v) is 40.7. The van der Waals surface area contributed by atoms with E-state index in [1.54, 1.807) is 0 Å². The molecule has 4 aromatic rings. The second-order valence-corrected chi connectivity index (χ2v) is 23.0. The summed E-state index contributed by atoms with van der Waals surface area (Å²) in [6, 6.07) is 11.3. The first-order valence-electron chi connectivity index (χ1n) is 17.7. The number of nitrogens with zero attached hydrogens (tertiary/aromatic N) is 6. The van der Waals surface area contributed by atoms with Gasteiger partial charge in [-0.05, 0) is 66.7 Å². The van der Waals surface area contributed by atoms with E-state index in [2.05, 4.69) is 63.0 Å². The van der Waals surface area contributed by atoms with Crippen molar-refractivity contribution in [1.29, 1.82) is 0 Å². The Bertz CT molecular complexity index is 3130. The van der Waals surface area contributed by atoms with Gasteiger partial charge in [0.25, 0.3) is 10.1 Å². The third kappa shape index (κ3) is 17.7. The van der Waals surface area contributed by atoms with Crippen molar-refractivity contribution in [1.82, 2.24) is 0 Å². The molecule has 0 amide bonds. The van der Waals surface area contributed by atoms with Crippen LogP contribution in [0.3, 0.4) is 0 Å². The zero-order valence-electron chi connectivity index (χ0n) is 34.2. The molecule has 0 atom stereocenters. The van der Waals surface area contributed by atoms with Crippen LogP contribution in [0.25, 0.3) is 0 Å².